The summed E-state index contributed by atoms with van der Waals surface area (Å²) in [5.41, 5.74) is 9.79. The van der Waals surface area contributed by atoms with Crippen LogP contribution in [0.5, 0.6) is 0 Å². The molecule has 0 amide bonds. The Morgan fingerprint density at radius 3 is 1.90 bits per heavy atom. The second-order valence-electron chi connectivity index (χ2n) is 12.9. The summed E-state index contributed by atoms with van der Waals surface area (Å²) in [6.07, 6.45) is 9.36. The van der Waals surface area contributed by atoms with E-state index >= 15 is 0 Å². The zero-order valence-electron chi connectivity index (χ0n) is 30.0. The molecule has 7 rings (SSSR count). The van der Waals surface area contributed by atoms with E-state index in [1.165, 1.54) is 0 Å². The number of carbonyl (C=O) groups is 1. The monoisotopic (exact) mass is 686 g/mol. The Bertz CT molecular complexity index is 2220. The van der Waals surface area contributed by atoms with E-state index in [-0.39, 0.29) is 0 Å². The topological polar surface area (TPSA) is 112 Å². The maximum absolute atomic E-state index is 13.6. The van der Waals surface area contributed by atoms with Crippen LogP contribution in [0.3, 0.4) is 0 Å². The number of nitrogens with zero attached hydrogens (tertiary/aromatic N) is 10. The van der Waals surface area contributed by atoms with Gasteiger partial charge in [0.15, 0.2) is 0 Å². The van der Waals surface area contributed by atoms with Crippen LogP contribution in [-0.2, 0) is 26.9 Å². The molecule has 1 aliphatic heterocycles. The van der Waals surface area contributed by atoms with Crippen LogP contribution in [-0.4, -0.2) is 73.6 Å². The van der Waals surface area contributed by atoms with Crippen molar-refractivity contribution in [2.24, 2.45) is 14.1 Å². The van der Waals surface area contributed by atoms with Gasteiger partial charge in [-0.25, -0.2) is 24.3 Å². The van der Waals surface area contributed by atoms with Crippen molar-refractivity contribution in [3.63, 3.8) is 0 Å². The first-order valence-electron chi connectivity index (χ1n) is 17.2. The normalized spacial score (nSPS) is 15.0. The molecule has 12 heteroatoms. The first kappa shape index (κ1) is 35.2. The molecule has 1 saturated heterocycles. The highest BCUT2D eigenvalue weighted by atomic mass is 19.1. The molecule has 6 aromatic rings. The van der Waals surface area contributed by atoms with Gasteiger partial charge in [-0.05, 0) is 60.2 Å². The lowest BCUT2D eigenvalue weighted by Crippen LogP contribution is -2.26. The molecule has 1 fully saturated rings. The molecule has 4 aromatic heterocycles. The van der Waals surface area contributed by atoms with Crippen molar-refractivity contribution in [3.05, 3.63) is 95.8 Å². The van der Waals surface area contributed by atoms with Gasteiger partial charge in [-0.1, -0.05) is 26.0 Å². The van der Waals surface area contributed by atoms with Crippen LogP contribution in [0, 0.1) is 11.3 Å². The van der Waals surface area contributed by atoms with E-state index in [1.807, 2.05) is 89.6 Å². The van der Waals surface area contributed by atoms with Crippen LogP contribution in [0.1, 0.15) is 53.4 Å². The number of hydrogen-bond acceptors (Lipinski definition) is 9. The third-order valence-corrected chi connectivity index (χ3v) is 9.68. The average Bonchev–Trinajstić information content (AvgIpc) is 3.88. The number of nitriles is 1. The number of rotatable bonds is 9. The number of fused-ring (bicyclic) bond motifs is 2. The summed E-state index contributed by atoms with van der Waals surface area (Å²) in [6, 6.07) is 17.8. The third-order valence-electron chi connectivity index (χ3n) is 9.68. The Morgan fingerprint density at radius 1 is 0.863 bits per heavy atom. The highest BCUT2D eigenvalue weighted by Gasteiger charge is 2.29. The standard InChI is InChI=1S/C22H25FN6.C17H18N4O/c1-4-15-9-16(21(11-24)29-8-7-17(23)13-29)5-6-19(15)28(3)22-10-20-18(12-25-22)26-14-27(20)2;1-4-13-7-12(10-22)5-6-15(13)21(3)17-8-16-14(9-18-17)19-11-20(16)2/h5-6,9-10,12,14,17,21H,4,7-8,13H2,1-3H3;5-11H,4H2,1-3H3/t17-,21?;/m1./s1. The number of aryl methyl sites for hydroxylation is 4. The summed E-state index contributed by atoms with van der Waals surface area (Å²) in [5.74, 6) is 1.69. The summed E-state index contributed by atoms with van der Waals surface area (Å²) in [7, 11) is 7.91. The molecule has 262 valence electrons. The quantitative estimate of drug-likeness (QED) is 0.148. The Labute approximate surface area is 297 Å². The van der Waals surface area contributed by atoms with Gasteiger partial charge in [0.1, 0.15) is 41.2 Å². The second-order valence-corrected chi connectivity index (χ2v) is 12.9. The van der Waals surface area contributed by atoms with E-state index in [4.69, 9.17) is 0 Å². The van der Waals surface area contributed by atoms with Crippen LogP contribution in [0.2, 0.25) is 0 Å². The van der Waals surface area contributed by atoms with Gasteiger partial charge < -0.3 is 18.9 Å². The van der Waals surface area contributed by atoms with Gasteiger partial charge in [0.25, 0.3) is 0 Å². The molecule has 1 aliphatic rings. The number of imidazole rings is 2. The minimum absolute atomic E-state index is 0.329. The van der Waals surface area contributed by atoms with Gasteiger partial charge in [-0.2, -0.15) is 5.26 Å². The molecule has 0 saturated carbocycles. The molecule has 11 nitrogen and oxygen atoms in total. The predicted octanol–water partition coefficient (Wildman–Crippen LogP) is 7.02. The summed E-state index contributed by atoms with van der Waals surface area (Å²) in [4.78, 5) is 34.7. The Hall–Kier alpha value is -5.67. The SMILES string of the molecule is CCc1cc(C(C#N)N2CC[C@@H](F)C2)ccc1N(C)c1cc2c(cn1)ncn2C.CCc1cc(C=O)ccc1N(C)c1cc2c(cn1)ncn2C. The Kier molecular flexibility index (Phi) is 10.4. The lowest BCUT2D eigenvalue weighted by molar-refractivity contribution is 0.112. The van der Waals surface area contributed by atoms with E-state index < -0.39 is 12.2 Å². The Balaban J connectivity index is 0.000000183. The van der Waals surface area contributed by atoms with Gasteiger partial charge in [0, 0.05) is 70.4 Å². The largest absolute Gasteiger partial charge is 0.334 e. The molecular weight excluding hydrogens is 643 g/mol. The highest BCUT2D eigenvalue weighted by Crippen LogP contribution is 2.33. The van der Waals surface area contributed by atoms with Crippen LogP contribution in [0.15, 0.2) is 73.6 Å². The first-order chi connectivity index (χ1) is 24.6. The molecule has 0 bridgehead atoms. The first-order valence-corrected chi connectivity index (χ1v) is 17.2. The number of likely N-dealkylation sites (tertiary alicyclic amines) is 1. The number of alkyl halides is 1. The number of aromatic nitrogens is 6. The van der Waals surface area contributed by atoms with Crippen molar-refractivity contribution in [3.8, 4) is 6.07 Å². The van der Waals surface area contributed by atoms with Crippen molar-refractivity contribution < 1.29 is 9.18 Å². The number of aldehydes is 1. The highest BCUT2D eigenvalue weighted by molar-refractivity contribution is 5.81. The van der Waals surface area contributed by atoms with E-state index in [0.29, 0.717) is 25.1 Å². The molecule has 0 radical (unpaired) electrons. The van der Waals surface area contributed by atoms with Crippen molar-refractivity contribution >= 4 is 51.4 Å². The third kappa shape index (κ3) is 7.16. The fourth-order valence-corrected chi connectivity index (χ4v) is 6.67. The van der Waals surface area contributed by atoms with Gasteiger partial charge in [0.2, 0.25) is 0 Å². The molecule has 5 heterocycles. The number of anilines is 4. The average molecular weight is 687 g/mol. The summed E-state index contributed by atoms with van der Waals surface area (Å²) in [5, 5.41) is 9.71. The number of carbonyl (C=O) groups excluding carboxylic acids is 1. The molecule has 0 aliphatic carbocycles. The summed E-state index contributed by atoms with van der Waals surface area (Å²) < 4.78 is 17.6. The fraction of sp³-hybridized carbons (Fsp3) is 0.333. The zero-order chi connectivity index (χ0) is 36.2. The molecule has 2 aromatic carbocycles. The lowest BCUT2D eigenvalue weighted by Gasteiger charge is -2.25. The van der Waals surface area contributed by atoms with Gasteiger partial charge >= 0.3 is 0 Å². The molecule has 51 heavy (non-hydrogen) atoms. The fourth-order valence-electron chi connectivity index (χ4n) is 6.67. The van der Waals surface area contributed by atoms with Gasteiger partial charge in [0.05, 0.1) is 42.2 Å². The second kappa shape index (κ2) is 15.1. The molecule has 2 atom stereocenters. The maximum Gasteiger partial charge on any atom is 0.150 e. The zero-order valence-corrected chi connectivity index (χ0v) is 30.0. The number of pyridine rings is 2. The number of halogens is 1. The van der Waals surface area contributed by atoms with Crippen LogP contribution in [0.4, 0.5) is 27.4 Å². The van der Waals surface area contributed by atoms with E-state index in [0.717, 1.165) is 80.9 Å². The predicted molar refractivity (Wildman–Crippen MR) is 200 cm³/mol. The lowest BCUT2D eigenvalue weighted by atomic mass is 10.00. The molecular formula is C39H43FN10O. The smallest absolute Gasteiger partial charge is 0.150 e. The van der Waals surface area contributed by atoms with Crippen LogP contribution >= 0.6 is 0 Å². The number of hydrogen-bond donors (Lipinski definition) is 0. The van der Waals surface area contributed by atoms with Crippen molar-refractivity contribution in [2.75, 3.05) is 37.0 Å². The van der Waals surface area contributed by atoms with E-state index in [1.54, 1.807) is 25.0 Å². The van der Waals surface area contributed by atoms with Crippen LogP contribution < -0.4 is 9.80 Å². The summed E-state index contributed by atoms with van der Waals surface area (Å²) in [6.45, 7) is 5.13. The van der Waals surface area contributed by atoms with Gasteiger partial charge in [-0.3, -0.25) is 9.69 Å². The van der Waals surface area contributed by atoms with E-state index in [2.05, 4.69) is 50.8 Å². The molecule has 1 unspecified atom stereocenters. The summed E-state index contributed by atoms with van der Waals surface area (Å²) >= 11 is 0. The number of benzene rings is 2. The van der Waals surface area contributed by atoms with Crippen LogP contribution in [0.25, 0.3) is 22.1 Å². The van der Waals surface area contributed by atoms with Gasteiger partial charge in [-0.15, -0.1) is 0 Å². The minimum atomic E-state index is -0.838. The van der Waals surface area contributed by atoms with E-state index in [9.17, 15) is 14.4 Å². The molecule has 0 N–H and O–H groups in total. The maximum atomic E-state index is 13.6. The Morgan fingerprint density at radius 2 is 1.41 bits per heavy atom. The minimum Gasteiger partial charge on any atom is -0.334 e. The van der Waals surface area contributed by atoms with Crippen molar-refractivity contribution in [1.82, 2.24) is 34.0 Å². The van der Waals surface area contributed by atoms with Crippen molar-refractivity contribution in [1.29, 1.82) is 5.26 Å². The van der Waals surface area contributed by atoms with Crippen molar-refractivity contribution in [2.45, 2.75) is 45.3 Å². The molecule has 0 spiro atoms.